The van der Waals surface area contributed by atoms with Crippen LogP contribution in [0.15, 0.2) is 76.7 Å². The molecule has 3 rings (SSSR count). The van der Waals surface area contributed by atoms with Crippen molar-refractivity contribution in [3.63, 3.8) is 0 Å². The van der Waals surface area contributed by atoms with Gasteiger partial charge in [0, 0.05) is 22.2 Å². The smallest absolute Gasteiger partial charge is 0.255 e. The van der Waals surface area contributed by atoms with E-state index in [1.165, 1.54) is 60.8 Å². The Bertz CT molecular complexity index is 1270. The Morgan fingerprint density at radius 3 is 2.39 bits per heavy atom. The van der Waals surface area contributed by atoms with E-state index < -0.39 is 40.7 Å². The van der Waals surface area contributed by atoms with Crippen LogP contribution in [0.2, 0.25) is 10.0 Å². The van der Waals surface area contributed by atoms with E-state index in [2.05, 4.69) is 10.5 Å². The number of hydrazone groups is 1. The van der Waals surface area contributed by atoms with E-state index in [0.717, 1.165) is 10.4 Å². The molecule has 0 saturated heterocycles. The topological polar surface area (TPSA) is 78.8 Å². The minimum absolute atomic E-state index is 0.0100. The molecule has 33 heavy (non-hydrogen) atoms. The van der Waals surface area contributed by atoms with E-state index in [1.807, 2.05) is 0 Å². The second-order valence-corrected chi connectivity index (χ2v) is 9.56. The van der Waals surface area contributed by atoms with Crippen LogP contribution >= 0.6 is 23.2 Å². The fourth-order valence-electron chi connectivity index (χ4n) is 2.80. The maximum atomic E-state index is 14.3. The third kappa shape index (κ3) is 6.58. The first-order valence-corrected chi connectivity index (χ1v) is 11.6. The van der Waals surface area contributed by atoms with E-state index >= 15 is 0 Å². The van der Waals surface area contributed by atoms with Crippen molar-refractivity contribution >= 4 is 45.3 Å². The normalized spacial score (nSPS) is 11.8. The summed E-state index contributed by atoms with van der Waals surface area (Å²) in [5, 5.41) is 4.05. The lowest BCUT2D eigenvalue weighted by atomic mass is 10.2. The highest BCUT2D eigenvalue weighted by atomic mass is 35.5. The summed E-state index contributed by atoms with van der Waals surface area (Å²) >= 11 is 11.9. The van der Waals surface area contributed by atoms with Crippen LogP contribution in [0.3, 0.4) is 0 Å². The van der Waals surface area contributed by atoms with Gasteiger partial charge in [-0.2, -0.15) is 9.41 Å². The summed E-state index contributed by atoms with van der Waals surface area (Å²) in [7, 11) is -4.24. The Morgan fingerprint density at radius 1 is 1.03 bits per heavy atom. The SMILES string of the molecule is O=C(CN(Cc1c(F)cccc1Cl)S(=O)(=O)c1ccc(Cl)cc1)N/N=C\c1cccc(F)c1. The van der Waals surface area contributed by atoms with Crippen LogP contribution in [0, 0.1) is 11.6 Å². The standard InChI is InChI=1S/C22H17Cl2F2N3O3S/c23-16-7-9-18(10-8-16)33(31,32)29(13-19-20(24)5-2-6-21(19)26)14-22(30)28-27-12-15-3-1-4-17(25)11-15/h1-12H,13-14H2,(H,28,30)/b27-12-. The van der Waals surface area contributed by atoms with Crippen molar-refractivity contribution in [2.45, 2.75) is 11.4 Å². The Kier molecular flexibility index (Phi) is 8.15. The van der Waals surface area contributed by atoms with Crippen LogP contribution in [0.4, 0.5) is 8.78 Å². The van der Waals surface area contributed by atoms with Crippen LogP contribution in [-0.4, -0.2) is 31.4 Å². The third-order valence-electron chi connectivity index (χ3n) is 4.42. The zero-order chi connectivity index (χ0) is 24.0. The maximum absolute atomic E-state index is 14.3. The second-order valence-electron chi connectivity index (χ2n) is 6.78. The number of nitrogens with one attached hydrogen (secondary N) is 1. The van der Waals surface area contributed by atoms with Gasteiger partial charge in [0.25, 0.3) is 5.91 Å². The summed E-state index contributed by atoms with van der Waals surface area (Å²) in [6, 6.07) is 14.7. The first-order chi connectivity index (χ1) is 15.7. The van der Waals surface area contributed by atoms with E-state index in [9.17, 15) is 22.0 Å². The lowest BCUT2D eigenvalue weighted by Gasteiger charge is -2.22. The lowest BCUT2D eigenvalue weighted by molar-refractivity contribution is -0.121. The van der Waals surface area contributed by atoms with Crippen molar-refractivity contribution in [2.75, 3.05) is 6.54 Å². The van der Waals surface area contributed by atoms with Crippen molar-refractivity contribution in [1.29, 1.82) is 0 Å². The molecule has 0 heterocycles. The van der Waals surface area contributed by atoms with E-state index in [1.54, 1.807) is 6.07 Å². The highest BCUT2D eigenvalue weighted by molar-refractivity contribution is 7.89. The molecule has 172 valence electrons. The lowest BCUT2D eigenvalue weighted by Crippen LogP contribution is -2.39. The number of amides is 1. The van der Waals surface area contributed by atoms with Crippen molar-refractivity contribution in [2.24, 2.45) is 5.10 Å². The van der Waals surface area contributed by atoms with Gasteiger partial charge in [-0.3, -0.25) is 4.79 Å². The molecule has 0 bridgehead atoms. The summed E-state index contributed by atoms with van der Waals surface area (Å²) in [6.07, 6.45) is 1.20. The van der Waals surface area contributed by atoms with Gasteiger partial charge in [0.1, 0.15) is 11.6 Å². The van der Waals surface area contributed by atoms with Crippen LogP contribution in [0.1, 0.15) is 11.1 Å². The molecule has 0 aliphatic rings. The highest BCUT2D eigenvalue weighted by Gasteiger charge is 2.28. The molecule has 1 amide bonds. The van der Waals surface area contributed by atoms with Gasteiger partial charge in [0.15, 0.2) is 0 Å². The maximum Gasteiger partial charge on any atom is 0.255 e. The van der Waals surface area contributed by atoms with E-state index in [0.29, 0.717) is 10.6 Å². The van der Waals surface area contributed by atoms with Gasteiger partial charge in [0.2, 0.25) is 10.0 Å². The monoisotopic (exact) mass is 511 g/mol. The van der Waals surface area contributed by atoms with Crippen LogP contribution in [-0.2, 0) is 21.4 Å². The molecule has 0 fully saturated rings. The molecule has 0 unspecified atom stereocenters. The van der Waals surface area contributed by atoms with Crippen LogP contribution in [0.5, 0.6) is 0 Å². The summed E-state index contributed by atoms with van der Waals surface area (Å²) < 4.78 is 54.7. The molecule has 0 aliphatic heterocycles. The highest BCUT2D eigenvalue weighted by Crippen LogP contribution is 2.25. The van der Waals surface area contributed by atoms with Crippen LogP contribution < -0.4 is 5.43 Å². The number of halogens is 4. The largest absolute Gasteiger partial charge is 0.272 e. The molecule has 0 saturated carbocycles. The zero-order valence-corrected chi connectivity index (χ0v) is 19.2. The fraction of sp³-hybridized carbons (Fsp3) is 0.0909. The predicted octanol–water partition coefficient (Wildman–Crippen LogP) is 4.61. The summed E-state index contributed by atoms with van der Waals surface area (Å²) in [5.41, 5.74) is 2.48. The Morgan fingerprint density at radius 2 is 1.73 bits per heavy atom. The van der Waals surface area contributed by atoms with Gasteiger partial charge in [-0.25, -0.2) is 22.6 Å². The zero-order valence-electron chi connectivity index (χ0n) is 16.9. The molecule has 0 atom stereocenters. The molecular formula is C22H17Cl2F2N3O3S. The van der Waals surface area contributed by atoms with E-state index in [-0.39, 0.29) is 15.5 Å². The number of hydrogen-bond donors (Lipinski definition) is 1. The van der Waals surface area contributed by atoms with Gasteiger partial charge < -0.3 is 0 Å². The van der Waals surface area contributed by atoms with Crippen molar-refractivity contribution in [1.82, 2.24) is 9.73 Å². The van der Waals surface area contributed by atoms with Gasteiger partial charge in [-0.05, 0) is 54.1 Å². The molecule has 11 heteroatoms. The van der Waals surface area contributed by atoms with Gasteiger partial charge in [0.05, 0.1) is 17.7 Å². The molecule has 6 nitrogen and oxygen atoms in total. The van der Waals surface area contributed by atoms with Gasteiger partial charge in [-0.15, -0.1) is 0 Å². The number of carbonyl (C=O) groups excluding carboxylic acids is 1. The average Bonchev–Trinajstić information content (AvgIpc) is 2.76. The average molecular weight is 512 g/mol. The number of hydrogen-bond acceptors (Lipinski definition) is 4. The number of nitrogens with zero attached hydrogens (tertiary/aromatic N) is 2. The van der Waals surface area contributed by atoms with E-state index in [4.69, 9.17) is 23.2 Å². The molecule has 0 radical (unpaired) electrons. The summed E-state index contributed by atoms with van der Waals surface area (Å²) in [4.78, 5) is 12.3. The Balaban J connectivity index is 1.84. The quantitative estimate of drug-likeness (QED) is 0.354. The molecule has 0 aromatic heterocycles. The minimum Gasteiger partial charge on any atom is -0.272 e. The van der Waals surface area contributed by atoms with Crippen molar-refractivity contribution in [3.05, 3.63) is 99.5 Å². The predicted molar refractivity (Wildman–Crippen MR) is 123 cm³/mol. The Labute approximate surface area is 199 Å². The molecule has 0 aliphatic carbocycles. The number of carbonyl (C=O) groups is 1. The fourth-order valence-corrected chi connectivity index (χ4v) is 4.52. The summed E-state index contributed by atoms with van der Waals surface area (Å²) in [5.74, 6) is -2.00. The number of benzene rings is 3. The molecule has 3 aromatic carbocycles. The minimum atomic E-state index is -4.24. The van der Waals surface area contributed by atoms with Crippen molar-refractivity contribution < 1.29 is 22.0 Å². The second kappa shape index (κ2) is 10.8. The van der Waals surface area contributed by atoms with Gasteiger partial charge >= 0.3 is 0 Å². The molecule has 1 N–H and O–H groups in total. The van der Waals surface area contributed by atoms with Crippen LogP contribution in [0.25, 0.3) is 0 Å². The summed E-state index contributed by atoms with van der Waals surface area (Å²) in [6.45, 7) is -1.19. The molecular weight excluding hydrogens is 495 g/mol. The first-order valence-electron chi connectivity index (χ1n) is 9.43. The third-order valence-corrected chi connectivity index (χ3v) is 6.83. The first kappa shape index (κ1) is 24.8. The number of rotatable bonds is 8. The number of sulfonamides is 1. The van der Waals surface area contributed by atoms with Crippen molar-refractivity contribution in [3.8, 4) is 0 Å². The molecule has 0 spiro atoms. The Hall–Kier alpha value is -2.85. The van der Waals surface area contributed by atoms with Gasteiger partial charge in [-0.1, -0.05) is 41.4 Å². The molecule has 3 aromatic rings.